The average molecular weight is 384 g/mol. The fourth-order valence-electron chi connectivity index (χ4n) is 4.10. The van der Waals surface area contributed by atoms with E-state index in [0.717, 1.165) is 50.9 Å². The van der Waals surface area contributed by atoms with Gasteiger partial charge in [0.25, 0.3) is 5.91 Å². The minimum Gasteiger partial charge on any atom is -0.339 e. The molecular formula is C21H25N3O2S. The summed E-state index contributed by atoms with van der Waals surface area (Å²) >= 11 is 1.66. The zero-order chi connectivity index (χ0) is 18.8. The largest absolute Gasteiger partial charge is 0.339 e. The maximum Gasteiger partial charge on any atom is 0.322 e. The summed E-state index contributed by atoms with van der Waals surface area (Å²) in [7, 11) is 0. The van der Waals surface area contributed by atoms with Gasteiger partial charge in [-0.05, 0) is 66.6 Å². The minimum absolute atomic E-state index is 0.0160. The second-order valence-electron chi connectivity index (χ2n) is 7.34. The Hall–Kier alpha value is -2.34. The van der Waals surface area contributed by atoms with E-state index in [1.54, 1.807) is 11.3 Å². The third kappa shape index (κ3) is 3.58. The molecule has 1 aromatic carbocycles. The van der Waals surface area contributed by atoms with Crippen molar-refractivity contribution in [2.45, 2.75) is 38.6 Å². The van der Waals surface area contributed by atoms with E-state index in [9.17, 15) is 9.59 Å². The first-order valence-corrected chi connectivity index (χ1v) is 10.6. The van der Waals surface area contributed by atoms with Gasteiger partial charge < -0.3 is 15.1 Å². The van der Waals surface area contributed by atoms with E-state index in [4.69, 9.17) is 0 Å². The zero-order valence-corrected chi connectivity index (χ0v) is 16.4. The molecule has 1 N–H and O–H groups in total. The van der Waals surface area contributed by atoms with Crippen molar-refractivity contribution in [3.8, 4) is 0 Å². The van der Waals surface area contributed by atoms with Crippen molar-refractivity contribution >= 4 is 29.0 Å². The Morgan fingerprint density at radius 1 is 1.11 bits per heavy atom. The maximum absolute atomic E-state index is 13.1. The third-order valence-electron chi connectivity index (χ3n) is 5.57. The van der Waals surface area contributed by atoms with Crippen molar-refractivity contribution in [2.24, 2.45) is 0 Å². The van der Waals surface area contributed by atoms with E-state index in [1.807, 2.05) is 34.9 Å². The van der Waals surface area contributed by atoms with Crippen LogP contribution in [-0.2, 0) is 0 Å². The van der Waals surface area contributed by atoms with Crippen LogP contribution in [0.4, 0.5) is 10.5 Å². The van der Waals surface area contributed by atoms with Crippen LogP contribution in [0, 0.1) is 6.92 Å². The standard InChI is InChI=1S/C21H25N3O2S/c1-15-6-4-7-17(20(25)23-10-2-3-11-23)19(15)22-21(26)24-12-5-8-18(24)16-9-13-27-14-16/h4,6-7,9,13-14,18H,2-3,5,8,10-12H2,1H3,(H,22,26). The van der Waals surface area contributed by atoms with Gasteiger partial charge in [-0.1, -0.05) is 12.1 Å². The summed E-state index contributed by atoms with van der Waals surface area (Å²) in [6, 6.07) is 7.75. The lowest BCUT2D eigenvalue weighted by Crippen LogP contribution is -2.35. The number of anilines is 1. The molecule has 1 atom stereocenters. The summed E-state index contributed by atoms with van der Waals surface area (Å²) in [5.41, 5.74) is 3.36. The predicted octanol–water partition coefficient (Wildman–Crippen LogP) is 4.66. The fourth-order valence-corrected chi connectivity index (χ4v) is 4.81. The second kappa shape index (κ2) is 7.72. The van der Waals surface area contributed by atoms with Crippen molar-refractivity contribution in [3.05, 3.63) is 51.7 Å². The number of aryl methyl sites for hydroxylation is 1. The van der Waals surface area contributed by atoms with Gasteiger partial charge >= 0.3 is 6.03 Å². The van der Waals surface area contributed by atoms with Crippen molar-refractivity contribution < 1.29 is 9.59 Å². The Labute approximate surface area is 164 Å². The van der Waals surface area contributed by atoms with Crippen molar-refractivity contribution in [3.63, 3.8) is 0 Å². The van der Waals surface area contributed by atoms with Crippen LogP contribution in [0.25, 0.3) is 0 Å². The topological polar surface area (TPSA) is 52.7 Å². The van der Waals surface area contributed by atoms with E-state index in [1.165, 1.54) is 5.56 Å². The van der Waals surface area contributed by atoms with Gasteiger partial charge in [0.2, 0.25) is 0 Å². The van der Waals surface area contributed by atoms with Crippen molar-refractivity contribution in [1.29, 1.82) is 0 Å². The summed E-state index contributed by atoms with van der Waals surface area (Å²) in [6.07, 6.45) is 4.09. The lowest BCUT2D eigenvalue weighted by atomic mass is 10.1. The highest BCUT2D eigenvalue weighted by Gasteiger charge is 2.31. The number of thiophene rings is 1. The summed E-state index contributed by atoms with van der Waals surface area (Å²) in [6.45, 7) is 4.28. The predicted molar refractivity (Wildman–Crippen MR) is 108 cm³/mol. The molecule has 2 aliphatic rings. The molecule has 2 fully saturated rings. The van der Waals surface area contributed by atoms with Crippen molar-refractivity contribution in [2.75, 3.05) is 25.0 Å². The molecule has 2 aromatic rings. The zero-order valence-electron chi connectivity index (χ0n) is 15.6. The maximum atomic E-state index is 13.1. The molecule has 1 aromatic heterocycles. The molecule has 2 saturated heterocycles. The van der Waals surface area contributed by atoms with Gasteiger partial charge in [-0.15, -0.1) is 0 Å². The Morgan fingerprint density at radius 3 is 2.67 bits per heavy atom. The van der Waals surface area contributed by atoms with E-state index in [0.29, 0.717) is 11.3 Å². The molecule has 0 saturated carbocycles. The number of nitrogens with zero attached hydrogens (tertiary/aromatic N) is 2. The van der Waals surface area contributed by atoms with Crippen LogP contribution in [0.15, 0.2) is 35.0 Å². The average Bonchev–Trinajstić information content (AvgIpc) is 3.43. The number of benzene rings is 1. The minimum atomic E-state index is -0.117. The van der Waals surface area contributed by atoms with Gasteiger partial charge in [-0.25, -0.2) is 4.79 Å². The van der Waals surface area contributed by atoms with Gasteiger partial charge in [0.1, 0.15) is 0 Å². The van der Waals surface area contributed by atoms with Crippen LogP contribution in [0.5, 0.6) is 0 Å². The molecule has 1 unspecified atom stereocenters. The Bertz CT molecular complexity index is 828. The third-order valence-corrected chi connectivity index (χ3v) is 6.27. The number of rotatable bonds is 3. The summed E-state index contributed by atoms with van der Waals surface area (Å²) in [5.74, 6) is 0.0160. The van der Waals surface area contributed by atoms with Gasteiger partial charge in [0.05, 0.1) is 17.3 Å². The van der Waals surface area contributed by atoms with Crippen LogP contribution < -0.4 is 5.32 Å². The monoisotopic (exact) mass is 383 g/mol. The highest BCUT2D eigenvalue weighted by atomic mass is 32.1. The molecule has 6 heteroatoms. The molecule has 0 spiro atoms. The Morgan fingerprint density at radius 2 is 1.93 bits per heavy atom. The van der Waals surface area contributed by atoms with Crippen molar-refractivity contribution in [1.82, 2.24) is 9.80 Å². The normalized spacial score (nSPS) is 19.5. The second-order valence-corrected chi connectivity index (χ2v) is 8.12. The summed E-state index contributed by atoms with van der Waals surface area (Å²) in [4.78, 5) is 29.8. The fraction of sp³-hybridized carbons (Fsp3) is 0.429. The molecule has 3 heterocycles. The van der Waals surface area contributed by atoms with E-state index in [-0.39, 0.29) is 18.0 Å². The smallest absolute Gasteiger partial charge is 0.322 e. The number of amides is 3. The lowest BCUT2D eigenvalue weighted by molar-refractivity contribution is 0.0793. The Balaban J connectivity index is 1.57. The van der Waals surface area contributed by atoms with Gasteiger partial charge in [-0.2, -0.15) is 11.3 Å². The number of para-hydroxylation sites is 1. The van der Waals surface area contributed by atoms with Gasteiger partial charge in [-0.3, -0.25) is 4.79 Å². The number of nitrogens with one attached hydrogen (secondary N) is 1. The van der Waals surface area contributed by atoms with Crippen LogP contribution in [-0.4, -0.2) is 41.4 Å². The van der Waals surface area contributed by atoms with Crippen LogP contribution in [0.2, 0.25) is 0 Å². The SMILES string of the molecule is Cc1cccc(C(=O)N2CCCC2)c1NC(=O)N1CCCC1c1ccsc1. The number of carbonyl (C=O) groups is 2. The molecular weight excluding hydrogens is 358 g/mol. The molecule has 27 heavy (non-hydrogen) atoms. The molecule has 3 amide bonds. The lowest BCUT2D eigenvalue weighted by Gasteiger charge is -2.26. The first-order valence-electron chi connectivity index (χ1n) is 9.64. The van der Waals surface area contributed by atoms with E-state index >= 15 is 0 Å². The molecule has 0 aliphatic carbocycles. The van der Waals surface area contributed by atoms with Gasteiger partial charge in [0, 0.05) is 19.6 Å². The number of likely N-dealkylation sites (tertiary alicyclic amines) is 2. The summed E-state index contributed by atoms with van der Waals surface area (Å²) < 4.78 is 0. The van der Waals surface area contributed by atoms with Crippen LogP contribution in [0.1, 0.15) is 53.2 Å². The molecule has 2 aliphatic heterocycles. The molecule has 0 radical (unpaired) electrons. The Kier molecular flexibility index (Phi) is 5.16. The number of carbonyl (C=O) groups excluding carboxylic acids is 2. The first-order chi connectivity index (χ1) is 13.1. The highest BCUT2D eigenvalue weighted by molar-refractivity contribution is 7.08. The summed E-state index contributed by atoms with van der Waals surface area (Å²) in [5, 5.41) is 7.23. The molecule has 5 nitrogen and oxygen atoms in total. The number of urea groups is 1. The van der Waals surface area contributed by atoms with E-state index < -0.39 is 0 Å². The molecule has 4 rings (SSSR count). The number of hydrogen-bond acceptors (Lipinski definition) is 3. The van der Waals surface area contributed by atoms with Gasteiger partial charge in [0.15, 0.2) is 0 Å². The van der Waals surface area contributed by atoms with Crippen LogP contribution >= 0.6 is 11.3 Å². The number of hydrogen-bond donors (Lipinski definition) is 1. The first kappa shape index (κ1) is 18.0. The molecule has 142 valence electrons. The highest BCUT2D eigenvalue weighted by Crippen LogP contribution is 2.34. The van der Waals surface area contributed by atoms with Crippen LogP contribution in [0.3, 0.4) is 0 Å². The molecule has 0 bridgehead atoms. The quantitative estimate of drug-likeness (QED) is 0.838. The van der Waals surface area contributed by atoms with E-state index in [2.05, 4.69) is 22.1 Å².